The van der Waals surface area contributed by atoms with Crippen LogP contribution in [0.1, 0.15) is 24.8 Å². The van der Waals surface area contributed by atoms with Gasteiger partial charge in [0, 0.05) is 39.0 Å². The predicted molar refractivity (Wildman–Crippen MR) is 86.9 cm³/mol. The number of carbonyl (C=O) groups excluding carboxylic acids is 1. The minimum atomic E-state index is -2.61. The normalized spacial score (nSPS) is 26.8. The molecule has 0 spiro atoms. The molecule has 2 saturated heterocycles. The Morgan fingerprint density at radius 3 is 2.48 bits per heavy atom. The molecule has 2 fully saturated rings. The molecule has 0 radical (unpaired) electrons. The van der Waals surface area contributed by atoms with E-state index >= 15 is 0 Å². The van der Waals surface area contributed by atoms with Crippen molar-refractivity contribution in [3.8, 4) is 0 Å². The lowest BCUT2D eigenvalue weighted by atomic mass is 10.00. The van der Waals surface area contributed by atoms with E-state index in [4.69, 9.17) is 0 Å². The van der Waals surface area contributed by atoms with E-state index in [2.05, 4.69) is 0 Å². The van der Waals surface area contributed by atoms with Gasteiger partial charge in [0.1, 0.15) is 5.82 Å². The summed E-state index contributed by atoms with van der Waals surface area (Å²) in [6.07, 6.45) is -0.0282. The summed E-state index contributed by atoms with van der Waals surface area (Å²) in [7, 11) is 0. The number of piperidine rings is 1. The minimum absolute atomic E-state index is 0.0430. The van der Waals surface area contributed by atoms with E-state index < -0.39 is 17.3 Å². The topological polar surface area (TPSA) is 43.8 Å². The van der Waals surface area contributed by atoms with Crippen LogP contribution in [0.4, 0.5) is 13.2 Å². The van der Waals surface area contributed by atoms with Crippen molar-refractivity contribution in [2.24, 2.45) is 0 Å². The van der Waals surface area contributed by atoms with Crippen LogP contribution in [0.2, 0.25) is 0 Å². The van der Waals surface area contributed by atoms with Crippen molar-refractivity contribution in [3.63, 3.8) is 0 Å². The molecular formula is C18H23F3N2O2. The summed E-state index contributed by atoms with van der Waals surface area (Å²) < 4.78 is 40.1. The maximum Gasteiger partial charge on any atom is 0.250 e. The fourth-order valence-electron chi connectivity index (χ4n) is 3.57. The zero-order chi connectivity index (χ0) is 18.1. The van der Waals surface area contributed by atoms with Gasteiger partial charge >= 0.3 is 0 Å². The van der Waals surface area contributed by atoms with Crippen molar-refractivity contribution in [2.45, 2.75) is 37.2 Å². The third-order valence-electron chi connectivity index (χ3n) is 5.09. The summed E-state index contributed by atoms with van der Waals surface area (Å²) in [6.45, 7) is 1.34. The number of benzene rings is 1. The molecule has 0 aliphatic carbocycles. The lowest BCUT2D eigenvalue weighted by Gasteiger charge is -2.36. The van der Waals surface area contributed by atoms with Crippen molar-refractivity contribution >= 4 is 5.91 Å². The zero-order valence-electron chi connectivity index (χ0n) is 14.1. The first-order chi connectivity index (χ1) is 11.8. The number of rotatable bonds is 4. The summed E-state index contributed by atoms with van der Waals surface area (Å²) >= 11 is 0. The van der Waals surface area contributed by atoms with E-state index in [-0.39, 0.29) is 51.3 Å². The maximum atomic E-state index is 13.7. The van der Waals surface area contributed by atoms with Crippen LogP contribution >= 0.6 is 0 Å². The van der Waals surface area contributed by atoms with Gasteiger partial charge in [-0.15, -0.1) is 0 Å². The van der Waals surface area contributed by atoms with Gasteiger partial charge in [-0.1, -0.05) is 18.2 Å². The number of alkyl halides is 2. The molecule has 2 aliphatic heterocycles. The standard InChI is InChI=1S/C18H23F3N2O2/c19-15-4-2-1-3-14(15)11-16(24)23-10-5-17(25,13-23)12-22-8-6-18(20,21)7-9-22/h1-4,25H,5-13H2/t17-/m0/s1. The van der Waals surface area contributed by atoms with Crippen LogP contribution in [0.5, 0.6) is 0 Å². The molecule has 1 aromatic carbocycles. The smallest absolute Gasteiger partial charge is 0.250 e. The Balaban J connectivity index is 1.53. The van der Waals surface area contributed by atoms with Gasteiger partial charge in [0.2, 0.25) is 5.91 Å². The highest BCUT2D eigenvalue weighted by molar-refractivity contribution is 5.79. The van der Waals surface area contributed by atoms with Gasteiger partial charge in [0.05, 0.1) is 18.6 Å². The van der Waals surface area contributed by atoms with Crippen LogP contribution in [0, 0.1) is 5.82 Å². The fourth-order valence-corrected chi connectivity index (χ4v) is 3.57. The molecule has 1 amide bonds. The second-order valence-electron chi connectivity index (χ2n) is 7.19. The highest BCUT2D eigenvalue weighted by Gasteiger charge is 2.42. The molecule has 1 aromatic rings. The van der Waals surface area contributed by atoms with E-state index in [1.165, 1.54) is 11.0 Å². The average Bonchev–Trinajstić information content (AvgIpc) is 2.94. The number of likely N-dealkylation sites (tertiary alicyclic amines) is 2. The molecule has 2 aliphatic rings. The highest BCUT2D eigenvalue weighted by Crippen LogP contribution is 2.30. The number of hydrogen-bond acceptors (Lipinski definition) is 3. The van der Waals surface area contributed by atoms with E-state index in [0.717, 1.165) is 0 Å². The van der Waals surface area contributed by atoms with E-state index in [1.807, 2.05) is 4.90 Å². The van der Waals surface area contributed by atoms with Crippen molar-refractivity contribution in [3.05, 3.63) is 35.6 Å². The quantitative estimate of drug-likeness (QED) is 0.898. The van der Waals surface area contributed by atoms with E-state index in [0.29, 0.717) is 18.5 Å². The summed E-state index contributed by atoms with van der Waals surface area (Å²) in [5.41, 5.74) is -0.751. The van der Waals surface area contributed by atoms with Gasteiger partial charge in [-0.2, -0.15) is 0 Å². The second kappa shape index (κ2) is 6.96. The Kier molecular flexibility index (Phi) is 5.06. The third kappa shape index (κ3) is 4.52. The van der Waals surface area contributed by atoms with Gasteiger partial charge in [0.15, 0.2) is 0 Å². The number of amides is 1. The number of halogens is 3. The second-order valence-corrected chi connectivity index (χ2v) is 7.19. The molecule has 3 rings (SSSR count). The Morgan fingerprint density at radius 1 is 1.12 bits per heavy atom. The van der Waals surface area contributed by atoms with Crippen LogP contribution in [-0.4, -0.2) is 65.1 Å². The van der Waals surface area contributed by atoms with Crippen LogP contribution in [0.3, 0.4) is 0 Å². The number of β-amino-alcohol motifs (C(OH)–C–C–N with tert-alkyl or cyclic N) is 1. The first-order valence-corrected chi connectivity index (χ1v) is 8.60. The van der Waals surface area contributed by atoms with Crippen molar-refractivity contribution < 1.29 is 23.1 Å². The average molecular weight is 356 g/mol. The summed E-state index contributed by atoms with van der Waals surface area (Å²) in [6, 6.07) is 6.14. The first-order valence-electron chi connectivity index (χ1n) is 8.60. The molecular weight excluding hydrogens is 333 g/mol. The van der Waals surface area contributed by atoms with Crippen molar-refractivity contribution in [2.75, 3.05) is 32.7 Å². The molecule has 0 bridgehead atoms. The van der Waals surface area contributed by atoms with Crippen LogP contribution in [-0.2, 0) is 11.2 Å². The number of hydrogen-bond donors (Lipinski definition) is 1. The monoisotopic (exact) mass is 356 g/mol. The summed E-state index contributed by atoms with van der Waals surface area (Å²) in [5.74, 6) is -3.26. The lowest BCUT2D eigenvalue weighted by molar-refractivity contribution is -0.130. The third-order valence-corrected chi connectivity index (χ3v) is 5.09. The molecule has 7 heteroatoms. The van der Waals surface area contributed by atoms with Gasteiger partial charge in [-0.05, 0) is 18.1 Å². The van der Waals surface area contributed by atoms with Gasteiger partial charge in [-0.3, -0.25) is 9.69 Å². The highest BCUT2D eigenvalue weighted by atomic mass is 19.3. The van der Waals surface area contributed by atoms with E-state index in [9.17, 15) is 23.1 Å². The number of aliphatic hydroxyl groups is 1. The van der Waals surface area contributed by atoms with Gasteiger partial charge in [-0.25, -0.2) is 13.2 Å². The largest absolute Gasteiger partial charge is 0.387 e. The van der Waals surface area contributed by atoms with Crippen LogP contribution < -0.4 is 0 Å². The predicted octanol–water partition coefficient (Wildman–Crippen LogP) is 2.06. The Hall–Kier alpha value is -1.60. The van der Waals surface area contributed by atoms with E-state index in [1.54, 1.807) is 18.2 Å². The lowest BCUT2D eigenvalue weighted by Crippen LogP contribution is -2.49. The van der Waals surface area contributed by atoms with Crippen LogP contribution in [0.25, 0.3) is 0 Å². The Morgan fingerprint density at radius 2 is 1.80 bits per heavy atom. The minimum Gasteiger partial charge on any atom is -0.387 e. The SMILES string of the molecule is O=C(Cc1ccccc1F)N1CC[C@](O)(CN2CCC(F)(F)CC2)C1. The molecule has 0 saturated carbocycles. The molecule has 2 heterocycles. The van der Waals surface area contributed by atoms with Crippen LogP contribution in [0.15, 0.2) is 24.3 Å². The van der Waals surface area contributed by atoms with Crippen molar-refractivity contribution in [1.29, 1.82) is 0 Å². The summed E-state index contributed by atoms with van der Waals surface area (Å²) in [5, 5.41) is 10.7. The molecule has 4 nitrogen and oxygen atoms in total. The number of nitrogens with zero attached hydrogens (tertiary/aromatic N) is 2. The maximum absolute atomic E-state index is 13.7. The first kappa shape index (κ1) is 18.2. The Bertz CT molecular complexity index is 631. The molecule has 25 heavy (non-hydrogen) atoms. The molecule has 138 valence electrons. The Labute approximate surface area is 145 Å². The molecule has 0 unspecified atom stereocenters. The molecule has 0 aromatic heterocycles. The molecule has 1 N–H and O–H groups in total. The fraction of sp³-hybridized carbons (Fsp3) is 0.611. The van der Waals surface area contributed by atoms with Crippen molar-refractivity contribution in [1.82, 2.24) is 9.80 Å². The zero-order valence-corrected chi connectivity index (χ0v) is 14.1. The van der Waals surface area contributed by atoms with Gasteiger partial charge in [0.25, 0.3) is 5.92 Å². The van der Waals surface area contributed by atoms with Gasteiger partial charge < -0.3 is 10.0 Å². The molecule has 1 atom stereocenters. The number of carbonyl (C=O) groups is 1. The summed E-state index contributed by atoms with van der Waals surface area (Å²) in [4.78, 5) is 15.7.